The number of hydrogen-bond acceptors (Lipinski definition) is 1. The zero-order chi connectivity index (χ0) is 14.0. The van der Waals surface area contributed by atoms with Crippen molar-refractivity contribution in [1.82, 2.24) is 0 Å². The van der Waals surface area contributed by atoms with Crippen LogP contribution in [0.1, 0.15) is 43.7 Å². The number of hydrogen-bond donors (Lipinski definition) is 1. The molecule has 1 fully saturated rings. The third-order valence-electron chi connectivity index (χ3n) is 4.02. The molecular formula is C15H20F3N. The normalized spacial score (nSPS) is 24.3. The van der Waals surface area contributed by atoms with Crippen LogP contribution in [-0.2, 0) is 6.18 Å². The average molecular weight is 271 g/mol. The smallest absolute Gasteiger partial charge is 0.382 e. The van der Waals surface area contributed by atoms with Crippen LogP contribution in [-0.4, -0.2) is 6.04 Å². The standard InChI is InChI=1S/C15H20F3N/c1-10-5-3-4-6-13(10)19-14-9-12(15(16,17)18)8-7-11(14)2/h7-10,13,19H,3-6H2,1-2H3. The molecule has 1 saturated carbocycles. The van der Waals surface area contributed by atoms with Crippen molar-refractivity contribution in [2.75, 3.05) is 5.32 Å². The number of anilines is 1. The molecule has 2 rings (SSSR count). The molecule has 4 heteroatoms. The first-order valence-electron chi connectivity index (χ1n) is 6.82. The lowest BCUT2D eigenvalue weighted by molar-refractivity contribution is -0.137. The number of halogens is 3. The van der Waals surface area contributed by atoms with Crippen molar-refractivity contribution in [2.45, 2.75) is 51.7 Å². The Balaban J connectivity index is 2.19. The Morgan fingerprint density at radius 2 is 1.84 bits per heavy atom. The van der Waals surface area contributed by atoms with E-state index in [0.717, 1.165) is 30.9 Å². The summed E-state index contributed by atoms with van der Waals surface area (Å²) in [6, 6.07) is 4.20. The van der Waals surface area contributed by atoms with Crippen LogP contribution in [0.4, 0.5) is 18.9 Å². The number of rotatable bonds is 2. The molecule has 106 valence electrons. The molecule has 1 aliphatic rings. The van der Waals surface area contributed by atoms with E-state index in [-0.39, 0.29) is 6.04 Å². The molecule has 1 aromatic rings. The molecule has 2 unspecified atom stereocenters. The van der Waals surface area contributed by atoms with Gasteiger partial charge in [-0.05, 0) is 43.4 Å². The van der Waals surface area contributed by atoms with Gasteiger partial charge in [-0.2, -0.15) is 13.2 Å². The molecular weight excluding hydrogens is 251 g/mol. The third-order valence-corrected chi connectivity index (χ3v) is 4.02. The quantitative estimate of drug-likeness (QED) is 0.797. The van der Waals surface area contributed by atoms with Crippen LogP contribution in [0.15, 0.2) is 18.2 Å². The molecule has 0 bridgehead atoms. The van der Waals surface area contributed by atoms with E-state index in [9.17, 15) is 13.2 Å². The molecule has 19 heavy (non-hydrogen) atoms. The second kappa shape index (κ2) is 5.43. The summed E-state index contributed by atoms with van der Waals surface area (Å²) < 4.78 is 38.2. The molecule has 1 nitrogen and oxygen atoms in total. The Kier molecular flexibility index (Phi) is 4.07. The lowest BCUT2D eigenvalue weighted by Crippen LogP contribution is -2.30. The molecule has 1 N–H and O–H groups in total. The summed E-state index contributed by atoms with van der Waals surface area (Å²) in [7, 11) is 0. The fraction of sp³-hybridized carbons (Fsp3) is 0.600. The number of benzene rings is 1. The van der Waals surface area contributed by atoms with Gasteiger partial charge >= 0.3 is 6.18 Å². The van der Waals surface area contributed by atoms with Crippen LogP contribution in [0.25, 0.3) is 0 Å². The predicted molar refractivity (Wildman–Crippen MR) is 71.2 cm³/mol. The highest BCUT2D eigenvalue weighted by atomic mass is 19.4. The van der Waals surface area contributed by atoms with Crippen LogP contribution in [0, 0.1) is 12.8 Å². The van der Waals surface area contributed by atoms with Gasteiger partial charge in [0.2, 0.25) is 0 Å². The second-order valence-electron chi connectivity index (χ2n) is 5.54. The van der Waals surface area contributed by atoms with E-state index in [0.29, 0.717) is 11.6 Å². The van der Waals surface area contributed by atoms with Gasteiger partial charge in [-0.25, -0.2) is 0 Å². The van der Waals surface area contributed by atoms with Crippen molar-refractivity contribution >= 4 is 5.69 Å². The highest BCUT2D eigenvalue weighted by Crippen LogP contribution is 2.33. The highest BCUT2D eigenvalue weighted by molar-refractivity contribution is 5.54. The summed E-state index contributed by atoms with van der Waals surface area (Å²) in [5, 5.41) is 3.31. The summed E-state index contributed by atoms with van der Waals surface area (Å²) in [4.78, 5) is 0. The monoisotopic (exact) mass is 271 g/mol. The van der Waals surface area contributed by atoms with Gasteiger partial charge in [0.1, 0.15) is 0 Å². The third kappa shape index (κ3) is 3.43. The van der Waals surface area contributed by atoms with E-state index in [1.54, 1.807) is 6.07 Å². The maximum Gasteiger partial charge on any atom is 0.416 e. The van der Waals surface area contributed by atoms with Crippen LogP contribution in [0.2, 0.25) is 0 Å². The van der Waals surface area contributed by atoms with Gasteiger partial charge < -0.3 is 5.32 Å². The Morgan fingerprint density at radius 3 is 2.47 bits per heavy atom. The van der Waals surface area contributed by atoms with Crippen LogP contribution in [0.5, 0.6) is 0 Å². The topological polar surface area (TPSA) is 12.0 Å². The number of nitrogens with one attached hydrogen (secondary N) is 1. The predicted octanol–water partition coefficient (Wildman–Crippen LogP) is 5.00. The van der Waals surface area contributed by atoms with Crippen molar-refractivity contribution < 1.29 is 13.2 Å². The van der Waals surface area contributed by atoms with Crippen molar-refractivity contribution in [3.8, 4) is 0 Å². The Hall–Kier alpha value is -1.19. The first-order valence-corrected chi connectivity index (χ1v) is 6.82. The Bertz CT molecular complexity index is 440. The molecule has 0 radical (unpaired) electrons. The molecule has 0 aromatic heterocycles. The van der Waals surface area contributed by atoms with E-state index in [1.165, 1.54) is 12.5 Å². The summed E-state index contributed by atoms with van der Waals surface area (Å²) >= 11 is 0. The van der Waals surface area contributed by atoms with Crippen molar-refractivity contribution in [2.24, 2.45) is 5.92 Å². The number of aryl methyl sites for hydroxylation is 1. The van der Waals surface area contributed by atoms with E-state index >= 15 is 0 Å². The first-order chi connectivity index (χ1) is 8.88. The van der Waals surface area contributed by atoms with Gasteiger partial charge in [0.05, 0.1) is 5.56 Å². The minimum Gasteiger partial charge on any atom is -0.382 e. The largest absolute Gasteiger partial charge is 0.416 e. The van der Waals surface area contributed by atoms with Crippen molar-refractivity contribution in [1.29, 1.82) is 0 Å². The van der Waals surface area contributed by atoms with E-state index < -0.39 is 11.7 Å². The lowest BCUT2D eigenvalue weighted by Gasteiger charge is -2.31. The summed E-state index contributed by atoms with van der Waals surface area (Å²) in [5.74, 6) is 0.516. The van der Waals surface area contributed by atoms with Gasteiger partial charge in [0.15, 0.2) is 0 Å². The van der Waals surface area contributed by atoms with Gasteiger partial charge in [0, 0.05) is 11.7 Å². The van der Waals surface area contributed by atoms with Crippen LogP contribution in [0.3, 0.4) is 0 Å². The molecule has 2 atom stereocenters. The highest BCUT2D eigenvalue weighted by Gasteiger charge is 2.31. The fourth-order valence-electron chi connectivity index (χ4n) is 2.68. The van der Waals surface area contributed by atoms with Crippen LogP contribution >= 0.6 is 0 Å². The van der Waals surface area contributed by atoms with Crippen LogP contribution < -0.4 is 5.32 Å². The maximum absolute atomic E-state index is 12.7. The average Bonchev–Trinajstić information content (AvgIpc) is 2.33. The molecule has 1 aliphatic carbocycles. The fourth-order valence-corrected chi connectivity index (χ4v) is 2.68. The van der Waals surface area contributed by atoms with Gasteiger partial charge in [-0.15, -0.1) is 0 Å². The van der Waals surface area contributed by atoms with Crippen molar-refractivity contribution in [3.05, 3.63) is 29.3 Å². The summed E-state index contributed by atoms with van der Waals surface area (Å²) in [6.07, 6.45) is 0.287. The van der Waals surface area contributed by atoms with Gasteiger partial charge in [-0.3, -0.25) is 0 Å². The lowest BCUT2D eigenvalue weighted by atomic mass is 9.85. The second-order valence-corrected chi connectivity index (χ2v) is 5.54. The molecule has 0 saturated heterocycles. The SMILES string of the molecule is Cc1ccc(C(F)(F)F)cc1NC1CCCCC1C. The Labute approximate surface area is 112 Å². The van der Waals surface area contributed by atoms with E-state index in [4.69, 9.17) is 0 Å². The van der Waals surface area contributed by atoms with E-state index in [1.807, 2.05) is 6.92 Å². The molecule has 0 spiro atoms. The van der Waals surface area contributed by atoms with E-state index in [2.05, 4.69) is 12.2 Å². The zero-order valence-corrected chi connectivity index (χ0v) is 11.3. The molecule has 0 amide bonds. The summed E-state index contributed by atoms with van der Waals surface area (Å²) in [5.41, 5.74) is 0.906. The number of alkyl halides is 3. The minimum atomic E-state index is -4.28. The van der Waals surface area contributed by atoms with Gasteiger partial charge in [-0.1, -0.05) is 25.8 Å². The minimum absolute atomic E-state index is 0.288. The van der Waals surface area contributed by atoms with Crippen molar-refractivity contribution in [3.63, 3.8) is 0 Å². The first kappa shape index (κ1) is 14.2. The molecule has 0 heterocycles. The summed E-state index contributed by atoms with van der Waals surface area (Å²) in [6.45, 7) is 4.01. The Morgan fingerprint density at radius 1 is 1.16 bits per heavy atom. The zero-order valence-electron chi connectivity index (χ0n) is 11.3. The maximum atomic E-state index is 12.7. The molecule has 0 aliphatic heterocycles. The van der Waals surface area contributed by atoms with Gasteiger partial charge in [0.25, 0.3) is 0 Å². The molecule has 1 aromatic carbocycles.